The summed E-state index contributed by atoms with van der Waals surface area (Å²) >= 11 is 0. The molecule has 0 fully saturated rings. The van der Waals surface area contributed by atoms with Gasteiger partial charge in [0.25, 0.3) is 11.5 Å². The number of carbonyl (C=O) groups excluding carboxylic acids is 2. The summed E-state index contributed by atoms with van der Waals surface area (Å²) in [5, 5.41) is 9.94. The minimum Gasteiger partial charge on any atom is -0.493 e. The third-order valence-electron chi connectivity index (χ3n) is 4.42. The summed E-state index contributed by atoms with van der Waals surface area (Å²) in [4.78, 5) is 36.5. The van der Waals surface area contributed by atoms with E-state index in [-0.39, 0.29) is 12.0 Å². The van der Waals surface area contributed by atoms with E-state index in [4.69, 9.17) is 14.2 Å². The summed E-state index contributed by atoms with van der Waals surface area (Å²) in [5.41, 5.74) is 0.488. The monoisotopic (exact) mass is 411 g/mol. The number of rotatable bonds is 7. The average molecular weight is 411 g/mol. The summed E-state index contributed by atoms with van der Waals surface area (Å²) in [6, 6.07) is 11.7. The number of H-pyrrole nitrogens is 1. The first kappa shape index (κ1) is 20.8. The number of aromatic nitrogens is 2. The van der Waals surface area contributed by atoms with E-state index in [0.29, 0.717) is 33.7 Å². The number of aromatic amines is 1. The quantitative estimate of drug-likeness (QED) is 0.571. The van der Waals surface area contributed by atoms with Crippen LogP contribution in [0.4, 0.5) is 5.69 Å². The van der Waals surface area contributed by atoms with Crippen molar-refractivity contribution < 1.29 is 23.8 Å². The fourth-order valence-corrected chi connectivity index (χ4v) is 2.89. The first-order chi connectivity index (χ1) is 14.4. The van der Waals surface area contributed by atoms with Gasteiger partial charge in [-0.15, -0.1) is 0 Å². The number of esters is 1. The van der Waals surface area contributed by atoms with Crippen molar-refractivity contribution in [2.45, 2.75) is 19.4 Å². The van der Waals surface area contributed by atoms with Crippen LogP contribution >= 0.6 is 0 Å². The van der Waals surface area contributed by atoms with Crippen LogP contribution in [0, 0.1) is 0 Å². The van der Waals surface area contributed by atoms with Gasteiger partial charge in [0, 0.05) is 17.1 Å². The van der Waals surface area contributed by atoms with Gasteiger partial charge in [0.15, 0.2) is 17.6 Å². The summed E-state index contributed by atoms with van der Waals surface area (Å²) in [6.45, 7) is 1.46. The van der Waals surface area contributed by atoms with Crippen LogP contribution in [0.3, 0.4) is 0 Å². The lowest BCUT2D eigenvalue weighted by Crippen LogP contribution is -2.30. The highest BCUT2D eigenvalue weighted by atomic mass is 16.5. The molecule has 0 saturated heterocycles. The second kappa shape index (κ2) is 9.08. The van der Waals surface area contributed by atoms with Crippen molar-refractivity contribution >= 4 is 28.3 Å². The highest BCUT2D eigenvalue weighted by Crippen LogP contribution is 2.29. The van der Waals surface area contributed by atoms with Crippen molar-refractivity contribution in [3.8, 4) is 11.5 Å². The number of hydrogen-bond donors (Lipinski definition) is 2. The van der Waals surface area contributed by atoms with Crippen molar-refractivity contribution in [2.75, 3.05) is 19.5 Å². The third kappa shape index (κ3) is 4.57. The Morgan fingerprint density at radius 3 is 2.47 bits per heavy atom. The number of anilines is 1. The molecule has 1 aromatic heterocycles. The van der Waals surface area contributed by atoms with E-state index in [1.807, 2.05) is 0 Å². The van der Waals surface area contributed by atoms with Gasteiger partial charge in [-0.05, 0) is 25.1 Å². The van der Waals surface area contributed by atoms with E-state index in [1.54, 1.807) is 42.5 Å². The standard InChI is InChI=1S/C21H21N3O6/c1-12(20(26)22-13-8-9-17(28-2)18(10-13)29-3)30-19(25)11-16-14-6-4-5-7-15(14)21(27)24-23-16/h4-10,12H,11H2,1-3H3,(H,22,26)(H,24,27)/t12-/m1/s1. The molecular weight excluding hydrogens is 390 g/mol. The largest absolute Gasteiger partial charge is 0.493 e. The van der Waals surface area contributed by atoms with Gasteiger partial charge in [-0.2, -0.15) is 5.10 Å². The van der Waals surface area contributed by atoms with Crippen molar-refractivity contribution in [1.29, 1.82) is 0 Å². The summed E-state index contributed by atoms with van der Waals surface area (Å²) in [7, 11) is 3.00. The maximum Gasteiger partial charge on any atom is 0.312 e. The van der Waals surface area contributed by atoms with Gasteiger partial charge in [-0.25, -0.2) is 5.10 Å². The number of nitrogens with zero attached hydrogens (tertiary/aromatic N) is 1. The Morgan fingerprint density at radius 2 is 1.77 bits per heavy atom. The zero-order valence-electron chi connectivity index (χ0n) is 16.7. The zero-order chi connectivity index (χ0) is 21.7. The van der Waals surface area contributed by atoms with Gasteiger partial charge in [0.2, 0.25) is 0 Å². The molecule has 3 rings (SSSR count). The van der Waals surface area contributed by atoms with Crippen molar-refractivity contribution in [3.63, 3.8) is 0 Å². The number of carbonyl (C=O) groups is 2. The molecule has 1 amide bonds. The van der Waals surface area contributed by atoms with E-state index < -0.39 is 18.0 Å². The van der Waals surface area contributed by atoms with Crippen LogP contribution < -0.4 is 20.3 Å². The van der Waals surface area contributed by atoms with E-state index in [0.717, 1.165) is 0 Å². The molecular formula is C21H21N3O6. The molecule has 0 saturated carbocycles. The SMILES string of the molecule is COc1ccc(NC(=O)[C@@H](C)OC(=O)Cc2n[nH]c(=O)c3ccccc23)cc1OC. The molecule has 30 heavy (non-hydrogen) atoms. The molecule has 1 heterocycles. The minimum atomic E-state index is -1.04. The molecule has 0 aliphatic rings. The third-order valence-corrected chi connectivity index (χ3v) is 4.42. The summed E-state index contributed by atoms with van der Waals surface area (Å²) in [6.07, 6.45) is -1.23. The highest BCUT2D eigenvalue weighted by molar-refractivity contribution is 5.95. The Labute approximate surface area is 172 Å². The number of methoxy groups -OCH3 is 2. The van der Waals surface area contributed by atoms with Crippen molar-refractivity contribution in [2.24, 2.45) is 0 Å². The van der Waals surface area contributed by atoms with Crippen LogP contribution in [0.1, 0.15) is 12.6 Å². The maximum atomic E-state index is 12.4. The summed E-state index contributed by atoms with van der Waals surface area (Å²) in [5.74, 6) is -0.170. The number of ether oxygens (including phenoxy) is 3. The minimum absolute atomic E-state index is 0.189. The number of hydrogen-bond acceptors (Lipinski definition) is 7. The molecule has 0 bridgehead atoms. The Morgan fingerprint density at radius 1 is 1.07 bits per heavy atom. The molecule has 156 valence electrons. The fraction of sp³-hybridized carbons (Fsp3) is 0.238. The predicted molar refractivity (Wildman–Crippen MR) is 110 cm³/mol. The van der Waals surface area contributed by atoms with Gasteiger partial charge in [0.05, 0.1) is 31.7 Å². The number of benzene rings is 2. The lowest BCUT2D eigenvalue weighted by Gasteiger charge is -2.15. The first-order valence-corrected chi connectivity index (χ1v) is 9.11. The summed E-state index contributed by atoms with van der Waals surface area (Å²) < 4.78 is 15.6. The Balaban J connectivity index is 1.65. The number of fused-ring (bicyclic) bond motifs is 1. The van der Waals surface area contributed by atoms with E-state index >= 15 is 0 Å². The molecule has 2 N–H and O–H groups in total. The number of nitrogens with one attached hydrogen (secondary N) is 2. The molecule has 1 atom stereocenters. The van der Waals surface area contributed by atoms with Crippen LogP contribution in [-0.2, 0) is 20.7 Å². The lowest BCUT2D eigenvalue weighted by molar-refractivity contribution is -0.152. The van der Waals surface area contributed by atoms with Crippen LogP contribution in [0.2, 0.25) is 0 Å². The highest BCUT2D eigenvalue weighted by Gasteiger charge is 2.20. The molecule has 3 aromatic rings. The second-order valence-corrected chi connectivity index (χ2v) is 6.41. The second-order valence-electron chi connectivity index (χ2n) is 6.41. The lowest BCUT2D eigenvalue weighted by atomic mass is 10.1. The molecule has 2 aromatic carbocycles. The molecule has 0 radical (unpaired) electrons. The fourth-order valence-electron chi connectivity index (χ4n) is 2.89. The number of amides is 1. The Bertz CT molecular complexity index is 1140. The van der Waals surface area contributed by atoms with Crippen LogP contribution in [0.25, 0.3) is 10.8 Å². The average Bonchev–Trinajstić information content (AvgIpc) is 2.75. The van der Waals surface area contributed by atoms with E-state index in [2.05, 4.69) is 15.5 Å². The first-order valence-electron chi connectivity index (χ1n) is 9.11. The normalized spacial score (nSPS) is 11.6. The van der Waals surface area contributed by atoms with Gasteiger partial charge in [0.1, 0.15) is 0 Å². The molecule has 0 aliphatic heterocycles. The van der Waals surface area contributed by atoms with Gasteiger partial charge < -0.3 is 19.5 Å². The van der Waals surface area contributed by atoms with Crippen LogP contribution in [0.15, 0.2) is 47.3 Å². The van der Waals surface area contributed by atoms with E-state index in [9.17, 15) is 14.4 Å². The molecule has 0 spiro atoms. The smallest absolute Gasteiger partial charge is 0.312 e. The molecule has 0 unspecified atom stereocenters. The molecule has 9 heteroatoms. The van der Waals surface area contributed by atoms with E-state index in [1.165, 1.54) is 21.1 Å². The predicted octanol–water partition coefficient (Wildman–Crippen LogP) is 2.05. The molecule has 0 aliphatic carbocycles. The van der Waals surface area contributed by atoms with Gasteiger partial charge >= 0.3 is 5.97 Å². The Hall–Kier alpha value is -3.88. The van der Waals surface area contributed by atoms with Gasteiger partial charge in [-0.3, -0.25) is 14.4 Å². The molecule has 9 nitrogen and oxygen atoms in total. The van der Waals surface area contributed by atoms with Crippen molar-refractivity contribution in [3.05, 3.63) is 58.5 Å². The van der Waals surface area contributed by atoms with Crippen LogP contribution in [-0.4, -0.2) is 42.4 Å². The van der Waals surface area contributed by atoms with Crippen molar-refractivity contribution in [1.82, 2.24) is 10.2 Å². The maximum absolute atomic E-state index is 12.4. The topological polar surface area (TPSA) is 120 Å². The van der Waals surface area contributed by atoms with Crippen LogP contribution in [0.5, 0.6) is 11.5 Å². The Kier molecular flexibility index (Phi) is 6.31. The van der Waals surface area contributed by atoms with Gasteiger partial charge in [-0.1, -0.05) is 18.2 Å². The zero-order valence-corrected chi connectivity index (χ0v) is 16.7.